The van der Waals surface area contributed by atoms with E-state index in [0.29, 0.717) is 5.56 Å². The Morgan fingerprint density at radius 3 is 2.44 bits per heavy atom. The minimum atomic E-state index is -1.18. The Bertz CT molecular complexity index is 573. The molecule has 94 valence electrons. The molecule has 0 radical (unpaired) electrons. The lowest BCUT2D eigenvalue weighted by Gasteiger charge is -2.26. The average Bonchev–Trinajstić information content (AvgIpc) is 2.32. The molecular formula is C16H17FO. The molecule has 0 saturated carbocycles. The zero-order chi connectivity index (χ0) is 13.3. The highest BCUT2D eigenvalue weighted by Crippen LogP contribution is 2.32. The van der Waals surface area contributed by atoms with Crippen molar-refractivity contribution in [1.29, 1.82) is 0 Å². The largest absolute Gasteiger partial charge is 0.381 e. The zero-order valence-corrected chi connectivity index (χ0v) is 10.9. The molecule has 0 spiro atoms. The van der Waals surface area contributed by atoms with Gasteiger partial charge in [0.05, 0.1) is 0 Å². The zero-order valence-electron chi connectivity index (χ0n) is 10.9. The molecule has 2 aromatic rings. The van der Waals surface area contributed by atoms with Crippen molar-refractivity contribution in [3.8, 4) is 0 Å². The van der Waals surface area contributed by atoms with Gasteiger partial charge in [-0.15, -0.1) is 0 Å². The Labute approximate surface area is 107 Å². The molecule has 1 N–H and O–H groups in total. The van der Waals surface area contributed by atoms with Gasteiger partial charge < -0.3 is 5.11 Å². The van der Waals surface area contributed by atoms with Gasteiger partial charge in [0, 0.05) is 0 Å². The first-order valence-electron chi connectivity index (χ1n) is 5.97. The van der Waals surface area contributed by atoms with Crippen LogP contribution in [0.1, 0.15) is 29.2 Å². The van der Waals surface area contributed by atoms with Crippen molar-refractivity contribution in [2.45, 2.75) is 26.4 Å². The number of hydrogen-bond donors (Lipinski definition) is 1. The van der Waals surface area contributed by atoms with Crippen molar-refractivity contribution in [2.24, 2.45) is 0 Å². The molecule has 0 saturated heterocycles. The maximum absolute atomic E-state index is 13.4. The van der Waals surface area contributed by atoms with Gasteiger partial charge in [-0.25, -0.2) is 4.39 Å². The highest BCUT2D eigenvalue weighted by molar-refractivity contribution is 5.41. The van der Waals surface area contributed by atoms with Crippen molar-refractivity contribution in [3.63, 3.8) is 0 Å². The predicted molar refractivity (Wildman–Crippen MR) is 71.0 cm³/mol. The van der Waals surface area contributed by atoms with Gasteiger partial charge in [0.2, 0.25) is 0 Å². The number of aliphatic hydroxyl groups is 1. The highest BCUT2D eigenvalue weighted by atomic mass is 19.1. The summed E-state index contributed by atoms with van der Waals surface area (Å²) in [6.07, 6.45) is 0. The van der Waals surface area contributed by atoms with Crippen molar-refractivity contribution < 1.29 is 9.50 Å². The van der Waals surface area contributed by atoms with Crippen LogP contribution in [0.25, 0.3) is 0 Å². The molecule has 1 nitrogen and oxygen atoms in total. The molecule has 2 rings (SSSR count). The van der Waals surface area contributed by atoms with Crippen LogP contribution in [0.4, 0.5) is 4.39 Å². The van der Waals surface area contributed by atoms with E-state index in [1.807, 2.05) is 38.1 Å². The molecule has 0 aliphatic carbocycles. The van der Waals surface area contributed by atoms with Crippen LogP contribution < -0.4 is 0 Å². The fraction of sp³-hybridized carbons (Fsp3) is 0.250. The molecule has 1 unspecified atom stereocenters. The summed E-state index contributed by atoms with van der Waals surface area (Å²) in [5.41, 5.74) is 2.15. The lowest BCUT2D eigenvalue weighted by atomic mass is 9.85. The maximum Gasteiger partial charge on any atom is 0.123 e. The maximum atomic E-state index is 13.4. The van der Waals surface area contributed by atoms with Crippen LogP contribution in [0.15, 0.2) is 42.5 Å². The topological polar surface area (TPSA) is 20.2 Å². The molecular weight excluding hydrogens is 227 g/mol. The van der Waals surface area contributed by atoms with E-state index in [0.717, 1.165) is 16.7 Å². The van der Waals surface area contributed by atoms with Crippen LogP contribution in [0.2, 0.25) is 0 Å². The Hall–Kier alpha value is -1.67. The van der Waals surface area contributed by atoms with Gasteiger partial charge in [0.1, 0.15) is 11.4 Å². The molecule has 1 atom stereocenters. The van der Waals surface area contributed by atoms with E-state index in [1.54, 1.807) is 13.0 Å². The number of rotatable bonds is 2. The van der Waals surface area contributed by atoms with Crippen molar-refractivity contribution in [2.75, 3.05) is 0 Å². The first-order chi connectivity index (χ1) is 8.41. The number of aryl methyl sites for hydroxylation is 2. The van der Waals surface area contributed by atoms with Crippen LogP contribution >= 0.6 is 0 Å². The summed E-state index contributed by atoms with van der Waals surface area (Å²) in [6, 6.07) is 12.1. The SMILES string of the molecule is Cc1cccc(C(C)(O)c2cc(F)ccc2C)c1. The normalized spacial score (nSPS) is 14.3. The van der Waals surface area contributed by atoms with Gasteiger partial charge in [-0.1, -0.05) is 35.9 Å². The average molecular weight is 244 g/mol. The van der Waals surface area contributed by atoms with E-state index < -0.39 is 5.60 Å². The Balaban J connectivity index is 2.57. The van der Waals surface area contributed by atoms with Gasteiger partial charge in [0.25, 0.3) is 0 Å². The minimum absolute atomic E-state index is 0.330. The third-order valence-corrected chi connectivity index (χ3v) is 3.30. The standard InChI is InChI=1S/C16H17FO/c1-11-5-4-6-13(9-11)16(3,18)15-10-14(17)8-7-12(15)2/h4-10,18H,1-3H3. The molecule has 0 aliphatic heterocycles. The molecule has 2 aromatic carbocycles. The van der Waals surface area contributed by atoms with E-state index in [2.05, 4.69) is 0 Å². The molecule has 0 amide bonds. The third kappa shape index (κ3) is 2.29. The van der Waals surface area contributed by atoms with E-state index in [-0.39, 0.29) is 5.82 Å². The van der Waals surface area contributed by atoms with Crippen molar-refractivity contribution in [1.82, 2.24) is 0 Å². The van der Waals surface area contributed by atoms with Crippen LogP contribution in [0.5, 0.6) is 0 Å². The minimum Gasteiger partial charge on any atom is -0.381 e. The van der Waals surface area contributed by atoms with E-state index in [1.165, 1.54) is 12.1 Å². The monoisotopic (exact) mass is 244 g/mol. The lowest BCUT2D eigenvalue weighted by Crippen LogP contribution is -2.24. The predicted octanol–water partition coefficient (Wildman–Crippen LogP) is 3.70. The number of benzene rings is 2. The van der Waals surface area contributed by atoms with Crippen LogP contribution in [0, 0.1) is 19.7 Å². The summed E-state index contributed by atoms with van der Waals surface area (Å²) in [4.78, 5) is 0. The second kappa shape index (κ2) is 4.54. The fourth-order valence-electron chi connectivity index (χ4n) is 2.22. The summed E-state index contributed by atoms with van der Waals surface area (Å²) in [5, 5.41) is 10.7. The highest BCUT2D eigenvalue weighted by Gasteiger charge is 2.27. The lowest BCUT2D eigenvalue weighted by molar-refractivity contribution is 0.101. The Kier molecular flexibility index (Phi) is 3.22. The summed E-state index contributed by atoms with van der Waals surface area (Å²) >= 11 is 0. The third-order valence-electron chi connectivity index (χ3n) is 3.30. The molecule has 0 heterocycles. The van der Waals surface area contributed by atoms with Crippen molar-refractivity contribution in [3.05, 3.63) is 70.5 Å². The molecule has 0 bridgehead atoms. The summed E-state index contributed by atoms with van der Waals surface area (Å²) in [5.74, 6) is -0.330. The van der Waals surface area contributed by atoms with E-state index >= 15 is 0 Å². The van der Waals surface area contributed by atoms with E-state index in [9.17, 15) is 9.50 Å². The van der Waals surface area contributed by atoms with E-state index in [4.69, 9.17) is 0 Å². The summed E-state index contributed by atoms with van der Waals surface area (Å²) in [7, 11) is 0. The fourth-order valence-corrected chi connectivity index (χ4v) is 2.22. The van der Waals surface area contributed by atoms with Crippen LogP contribution in [-0.4, -0.2) is 5.11 Å². The van der Waals surface area contributed by atoms with Crippen LogP contribution in [-0.2, 0) is 5.60 Å². The summed E-state index contributed by atoms with van der Waals surface area (Å²) in [6.45, 7) is 5.54. The van der Waals surface area contributed by atoms with Gasteiger partial charge >= 0.3 is 0 Å². The second-order valence-corrected chi connectivity index (χ2v) is 4.90. The molecule has 0 aromatic heterocycles. The van der Waals surface area contributed by atoms with Gasteiger partial charge in [-0.3, -0.25) is 0 Å². The van der Waals surface area contributed by atoms with Crippen molar-refractivity contribution >= 4 is 0 Å². The van der Waals surface area contributed by atoms with Gasteiger partial charge in [-0.05, 0) is 49.6 Å². The second-order valence-electron chi connectivity index (χ2n) is 4.90. The molecule has 2 heteroatoms. The number of hydrogen-bond acceptors (Lipinski definition) is 1. The van der Waals surface area contributed by atoms with Gasteiger partial charge in [-0.2, -0.15) is 0 Å². The quantitative estimate of drug-likeness (QED) is 0.854. The first-order valence-corrected chi connectivity index (χ1v) is 5.97. The van der Waals surface area contributed by atoms with Gasteiger partial charge in [0.15, 0.2) is 0 Å². The first kappa shape index (κ1) is 12.8. The molecule has 18 heavy (non-hydrogen) atoms. The molecule has 0 aliphatic rings. The molecule has 0 fully saturated rings. The van der Waals surface area contributed by atoms with Crippen LogP contribution in [0.3, 0.4) is 0 Å². The Morgan fingerprint density at radius 1 is 1.06 bits per heavy atom. The smallest absolute Gasteiger partial charge is 0.123 e. The summed E-state index contributed by atoms with van der Waals surface area (Å²) < 4.78 is 13.4. The Morgan fingerprint density at radius 2 is 1.78 bits per heavy atom. The number of halogens is 1.